The van der Waals surface area contributed by atoms with E-state index in [9.17, 15) is 9.59 Å². The number of carbonyl (C=O) groups excluding carboxylic acids is 2. The maximum atomic E-state index is 12.0. The van der Waals surface area contributed by atoms with Gasteiger partial charge in [-0.2, -0.15) is 5.10 Å². The van der Waals surface area contributed by atoms with Crippen LogP contribution in [-0.2, 0) is 4.79 Å². The van der Waals surface area contributed by atoms with Crippen LogP contribution in [0.3, 0.4) is 0 Å². The second kappa shape index (κ2) is 8.22. The van der Waals surface area contributed by atoms with Crippen LogP contribution in [0.15, 0.2) is 42.5 Å². The number of hydrogen-bond donors (Lipinski definition) is 4. The van der Waals surface area contributed by atoms with Crippen molar-refractivity contribution in [1.29, 1.82) is 0 Å². The van der Waals surface area contributed by atoms with E-state index in [1.165, 1.54) is 6.92 Å². The van der Waals surface area contributed by atoms with Gasteiger partial charge in [0.25, 0.3) is 0 Å². The fourth-order valence-corrected chi connectivity index (χ4v) is 2.73. The molecule has 0 fully saturated rings. The van der Waals surface area contributed by atoms with Gasteiger partial charge in [-0.15, -0.1) is 0 Å². The minimum Gasteiger partial charge on any atom is -0.496 e. The number of anilines is 1. The summed E-state index contributed by atoms with van der Waals surface area (Å²) in [5, 5.41) is 15.9. The number of fused-ring (bicyclic) bond motifs is 1. The number of nitrogens with zero attached hydrogens (tertiary/aromatic N) is 1. The topological polar surface area (TPSA) is 108 Å². The first-order chi connectivity index (χ1) is 13.1. The number of para-hydroxylation sites is 1. The predicted molar refractivity (Wildman–Crippen MR) is 104 cm³/mol. The quantitative estimate of drug-likeness (QED) is 0.502. The zero-order valence-corrected chi connectivity index (χ0v) is 15.1. The number of benzene rings is 2. The van der Waals surface area contributed by atoms with E-state index in [1.807, 2.05) is 42.5 Å². The Morgan fingerprint density at radius 3 is 2.67 bits per heavy atom. The van der Waals surface area contributed by atoms with Gasteiger partial charge in [0, 0.05) is 31.0 Å². The molecular weight excluding hydrogens is 346 g/mol. The molecule has 3 aromatic rings. The van der Waals surface area contributed by atoms with Crippen LogP contribution in [0.5, 0.6) is 5.75 Å². The summed E-state index contributed by atoms with van der Waals surface area (Å²) in [4.78, 5) is 22.8. The number of urea groups is 1. The second-order valence-corrected chi connectivity index (χ2v) is 5.90. The van der Waals surface area contributed by atoms with Crippen molar-refractivity contribution < 1.29 is 14.3 Å². The first kappa shape index (κ1) is 18.2. The number of nitrogens with one attached hydrogen (secondary N) is 4. The number of methoxy groups -OCH3 is 1. The lowest BCUT2D eigenvalue weighted by molar-refractivity contribution is -0.118. The van der Waals surface area contributed by atoms with Gasteiger partial charge in [0.15, 0.2) is 5.82 Å². The maximum Gasteiger partial charge on any atom is 0.320 e. The fourth-order valence-electron chi connectivity index (χ4n) is 2.73. The third-order valence-electron chi connectivity index (χ3n) is 4.00. The van der Waals surface area contributed by atoms with E-state index in [0.29, 0.717) is 18.9 Å². The van der Waals surface area contributed by atoms with Crippen LogP contribution in [0, 0.1) is 0 Å². The summed E-state index contributed by atoms with van der Waals surface area (Å²) in [5.41, 5.74) is 2.75. The third-order valence-corrected chi connectivity index (χ3v) is 4.00. The van der Waals surface area contributed by atoms with Gasteiger partial charge < -0.3 is 15.4 Å². The number of carbonyl (C=O) groups is 2. The van der Waals surface area contributed by atoms with Crippen LogP contribution >= 0.6 is 0 Å². The summed E-state index contributed by atoms with van der Waals surface area (Å²) < 4.78 is 5.41. The Balaban J connectivity index is 1.72. The van der Waals surface area contributed by atoms with Gasteiger partial charge in [-0.05, 0) is 23.8 Å². The van der Waals surface area contributed by atoms with E-state index in [2.05, 4.69) is 26.1 Å². The highest BCUT2D eigenvalue weighted by molar-refractivity contribution is 6.00. The highest BCUT2D eigenvalue weighted by Gasteiger charge is 2.11. The molecule has 0 unspecified atom stereocenters. The third kappa shape index (κ3) is 4.35. The molecule has 0 bridgehead atoms. The molecule has 0 saturated carbocycles. The minimum atomic E-state index is -0.387. The summed E-state index contributed by atoms with van der Waals surface area (Å²) >= 11 is 0. The van der Waals surface area contributed by atoms with Crippen LogP contribution < -0.4 is 20.7 Å². The summed E-state index contributed by atoms with van der Waals surface area (Å²) in [5.74, 6) is 1.09. The number of hydrogen-bond acceptors (Lipinski definition) is 4. The molecule has 2 aromatic carbocycles. The molecule has 0 spiro atoms. The van der Waals surface area contributed by atoms with E-state index < -0.39 is 0 Å². The largest absolute Gasteiger partial charge is 0.496 e. The Morgan fingerprint density at radius 2 is 1.89 bits per heavy atom. The smallest absolute Gasteiger partial charge is 0.320 e. The summed E-state index contributed by atoms with van der Waals surface area (Å²) in [7, 11) is 1.64. The lowest BCUT2D eigenvalue weighted by atomic mass is 10.0. The highest BCUT2D eigenvalue weighted by atomic mass is 16.5. The van der Waals surface area contributed by atoms with Crippen LogP contribution in [0.25, 0.3) is 22.0 Å². The molecule has 8 heteroatoms. The van der Waals surface area contributed by atoms with E-state index in [0.717, 1.165) is 27.8 Å². The predicted octanol–water partition coefficient (Wildman–Crippen LogP) is 2.50. The first-order valence-corrected chi connectivity index (χ1v) is 8.49. The van der Waals surface area contributed by atoms with Crippen molar-refractivity contribution in [1.82, 2.24) is 20.8 Å². The average molecular weight is 367 g/mol. The van der Waals surface area contributed by atoms with Crippen LogP contribution in [0.1, 0.15) is 6.92 Å². The van der Waals surface area contributed by atoms with Gasteiger partial charge in [0.1, 0.15) is 5.75 Å². The van der Waals surface area contributed by atoms with Crippen LogP contribution in [0.2, 0.25) is 0 Å². The molecule has 0 saturated heterocycles. The molecule has 27 heavy (non-hydrogen) atoms. The molecular formula is C19H21N5O3. The van der Waals surface area contributed by atoms with Gasteiger partial charge in [-0.3, -0.25) is 15.2 Å². The average Bonchev–Trinajstić information content (AvgIpc) is 3.07. The monoisotopic (exact) mass is 367 g/mol. The molecule has 0 radical (unpaired) electrons. The normalized spacial score (nSPS) is 10.4. The number of amides is 3. The molecule has 3 amide bonds. The van der Waals surface area contributed by atoms with Crippen molar-refractivity contribution in [3.8, 4) is 16.9 Å². The number of H-pyrrole nitrogens is 1. The van der Waals surface area contributed by atoms with Crippen molar-refractivity contribution >= 4 is 28.7 Å². The molecule has 1 aromatic heterocycles. The van der Waals surface area contributed by atoms with Crippen molar-refractivity contribution in [2.45, 2.75) is 6.92 Å². The van der Waals surface area contributed by atoms with E-state index >= 15 is 0 Å². The van der Waals surface area contributed by atoms with Crippen molar-refractivity contribution in [2.24, 2.45) is 0 Å². The Bertz CT molecular complexity index is 967. The summed E-state index contributed by atoms with van der Waals surface area (Å²) in [6, 6.07) is 13.2. The van der Waals surface area contributed by atoms with Crippen LogP contribution in [0.4, 0.5) is 10.6 Å². The molecule has 0 atom stereocenters. The first-order valence-electron chi connectivity index (χ1n) is 8.49. The molecule has 1 heterocycles. The van der Waals surface area contributed by atoms with Gasteiger partial charge in [0.05, 0.1) is 12.6 Å². The molecule has 3 rings (SSSR count). The van der Waals surface area contributed by atoms with E-state index in [1.54, 1.807) is 7.11 Å². The fraction of sp³-hybridized carbons (Fsp3) is 0.211. The van der Waals surface area contributed by atoms with Crippen molar-refractivity contribution in [3.63, 3.8) is 0 Å². The zero-order valence-electron chi connectivity index (χ0n) is 15.1. The molecule has 0 aliphatic rings. The van der Waals surface area contributed by atoms with Crippen LogP contribution in [-0.4, -0.2) is 42.3 Å². The lowest BCUT2D eigenvalue weighted by Crippen LogP contribution is -2.36. The molecule has 4 N–H and O–H groups in total. The van der Waals surface area contributed by atoms with Crippen molar-refractivity contribution in [3.05, 3.63) is 42.5 Å². The molecule has 0 aliphatic carbocycles. The summed E-state index contributed by atoms with van der Waals surface area (Å²) in [6.07, 6.45) is 0. The van der Waals surface area contributed by atoms with E-state index in [-0.39, 0.29) is 11.9 Å². The molecule has 0 aliphatic heterocycles. The number of aromatic nitrogens is 2. The Labute approximate surface area is 156 Å². The number of rotatable bonds is 6. The standard InChI is InChI=1S/C19H21N5O3/c1-12(25)20-9-10-21-19(26)22-18-15-8-7-13(11-16(15)23-24-18)14-5-3-4-6-17(14)27-2/h3-8,11H,9-10H2,1-2H3,(H,20,25)(H3,21,22,23,24,26). The SMILES string of the molecule is COc1ccccc1-c1ccc2c(NC(=O)NCCNC(C)=O)n[nH]c2c1. The van der Waals surface area contributed by atoms with Gasteiger partial charge in [-0.25, -0.2) is 4.79 Å². The molecule has 140 valence electrons. The summed E-state index contributed by atoms with van der Waals surface area (Å²) in [6.45, 7) is 2.12. The Morgan fingerprint density at radius 1 is 1.11 bits per heavy atom. The lowest BCUT2D eigenvalue weighted by Gasteiger charge is -2.08. The maximum absolute atomic E-state index is 12.0. The minimum absolute atomic E-state index is 0.138. The number of ether oxygens (including phenoxy) is 1. The second-order valence-electron chi connectivity index (χ2n) is 5.90. The Kier molecular flexibility index (Phi) is 5.55. The highest BCUT2D eigenvalue weighted by Crippen LogP contribution is 2.32. The van der Waals surface area contributed by atoms with Gasteiger partial charge in [-0.1, -0.05) is 24.3 Å². The van der Waals surface area contributed by atoms with Crippen molar-refractivity contribution in [2.75, 3.05) is 25.5 Å². The zero-order chi connectivity index (χ0) is 19.2. The van der Waals surface area contributed by atoms with E-state index in [4.69, 9.17) is 4.74 Å². The van der Waals surface area contributed by atoms with Gasteiger partial charge in [0.2, 0.25) is 5.91 Å². The molecule has 8 nitrogen and oxygen atoms in total. The Hall–Kier alpha value is -3.55. The number of aromatic amines is 1. The van der Waals surface area contributed by atoms with Gasteiger partial charge >= 0.3 is 6.03 Å².